The van der Waals surface area contributed by atoms with Crippen molar-refractivity contribution in [1.29, 1.82) is 0 Å². The van der Waals surface area contributed by atoms with Crippen molar-refractivity contribution >= 4 is 11.5 Å². The smallest absolute Gasteiger partial charge is 0.178 e. The molecule has 0 amide bonds. The molecule has 0 spiro atoms. The quantitative estimate of drug-likeness (QED) is 0.728. The van der Waals surface area contributed by atoms with Gasteiger partial charge in [-0.2, -0.15) is 4.52 Å². The van der Waals surface area contributed by atoms with Crippen molar-refractivity contribution in [2.24, 2.45) is 0 Å². The molecule has 0 unspecified atom stereocenters. The van der Waals surface area contributed by atoms with Crippen molar-refractivity contribution in [1.82, 2.24) is 19.8 Å². The van der Waals surface area contributed by atoms with Gasteiger partial charge in [0.05, 0.1) is 7.11 Å². The van der Waals surface area contributed by atoms with E-state index in [0.717, 1.165) is 17.2 Å². The van der Waals surface area contributed by atoms with Crippen LogP contribution in [0.15, 0.2) is 30.3 Å². The van der Waals surface area contributed by atoms with Gasteiger partial charge in [-0.25, -0.2) is 4.39 Å². The predicted octanol–water partition coefficient (Wildman–Crippen LogP) is 3.21. The number of rotatable bonds is 4. The van der Waals surface area contributed by atoms with Crippen LogP contribution in [-0.2, 0) is 12.0 Å². The van der Waals surface area contributed by atoms with E-state index in [1.165, 1.54) is 13.2 Å². The lowest BCUT2D eigenvalue weighted by Crippen LogP contribution is -2.21. The molecule has 3 rings (SSSR count). The molecule has 0 atom stereocenters. The normalized spacial score (nSPS) is 11.8. The average molecular weight is 343 g/mol. The van der Waals surface area contributed by atoms with E-state index in [-0.39, 0.29) is 17.0 Å². The molecule has 0 N–H and O–H groups in total. The topological polar surface area (TPSA) is 55.5 Å². The number of halogens is 1. The van der Waals surface area contributed by atoms with Crippen LogP contribution in [0.5, 0.6) is 5.75 Å². The minimum Gasteiger partial charge on any atom is -0.494 e. The molecule has 0 aliphatic heterocycles. The van der Waals surface area contributed by atoms with Crippen molar-refractivity contribution in [3.8, 4) is 5.75 Å². The Hall–Kier alpha value is -2.70. The molecular formula is C18H22FN5O. The van der Waals surface area contributed by atoms with Crippen molar-refractivity contribution < 1.29 is 9.13 Å². The number of methoxy groups -OCH3 is 1. The maximum Gasteiger partial charge on any atom is 0.178 e. The summed E-state index contributed by atoms with van der Waals surface area (Å²) in [6.45, 7) is 6.73. The van der Waals surface area contributed by atoms with Crippen LogP contribution >= 0.6 is 0 Å². The number of hydrogen-bond acceptors (Lipinski definition) is 5. The van der Waals surface area contributed by atoms with E-state index in [2.05, 4.69) is 36.1 Å². The van der Waals surface area contributed by atoms with E-state index in [9.17, 15) is 4.39 Å². The molecule has 0 radical (unpaired) electrons. The third-order valence-electron chi connectivity index (χ3n) is 3.95. The fraction of sp³-hybridized carbons (Fsp3) is 0.389. The number of aromatic nitrogens is 4. The minimum atomic E-state index is -0.370. The molecule has 0 aliphatic rings. The van der Waals surface area contributed by atoms with Gasteiger partial charge in [0.2, 0.25) is 0 Å². The highest BCUT2D eigenvalue weighted by atomic mass is 19.1. The van der Waals surface area contributed by atoms with Gasteiger partial charge in [-0.15, -0.1) is 15.3 Å². The second-order valence-electron chi connectivity index (χ2n) is 7.06. The van der Waals surface area contributed by atoms with E-state index in [1.54, 1.807) is 10.6 Å². The van der Waals surface area contributed by atoms with Crippen LogP contribution in [0.4, 0.5) is 10.2 Å². The third kappa shape index (κ3) is 3.40. The highest BCUT2D eigenvalue weighted by Crippen LogP contribution is 2.23. The summed E-state index contributed by atoms with van der Waals surface area (Å²) in [5, 5.41) is 13.1. The summed E-state index contributed by atoms with van der Waals surface area (Å²) in [4.78, 5) is 1.95. The highest BCUT2D eigenvalue weighted by Gasteiger charge is 2.22. The molecule has 0 aliphatic carbocycles. The summed E-state index contributed by atoms with van der Waals surface area (Å²) in [6.07, 6.45) is 0. The van der Waals surface area contributed by atoms with Gasteiger partial charge in [0.1, 0.15) is 5.82 Å². The molecule has 2 aromatic heterocycles. The molecule has 6 nitrogen and oxygen atoms in total. The average Bonchev–Trinajstić information content (AvgIpc) is 2.98. The SMILES string of the molecule is COc1ccc(CN(C)c2ccc3nnc(C(C)(C)C)n3n2)cc1F. The summed E-state index contributed by atoms with van der Waals surface area (Å²) in [6, 6.07) is 8.72. The van der Waals surface area contributed by atoms with Gasteiger partial charge in [0.25, 0.3) is 0 Å². The molecule has 0 bridgehead atoms. The number of benzene rings is 1. The first kappa shape index (κ1) is 17.1. The summed E-state index contributed by atoms with van der Waals surface area (Å²) >= 11 is 0. The summed E-state index contributed by atoms with van der Waals surface area (Å²) in [5.74, 6) is 1.43. The van der Waals surface area contributed by atoms with Gasteiger partial charge in [0.15, 0.2) is 23.0 Å². The Morgan fingerprint density at radius 2 is 1.92 bits per heavy atom. The van der Waals surface area contributed by atoms with E-state index in [1.807, 2.05) is 30.1 Å². The van der Waals surface area contributed by atoms with Gasteiger partial charge in [0, 0.05) is 19.0 Å². The van der Waals surface area contributed by atoms with Gasteiger partial charge >= 0.3 is 0 Å². The molecule has 1 aromatic carbocycles. The number of fused-ring (bicyclic) bond motifs is 1. The van der Waals surface area contributed by atoms with Crippen molar-refractivity contribution in [2.75, 3.05) is 19.1 Å². The van der Waals surface area contributed by atoms with Gasteiger partial charge in [-0.3, -0.25) is 0 Å². The Bertz CT molecular complexity index is 900. The first-order valence-electron chi connectivity index (χ1n) is 8.06. The predicted molar refractivity (Wildman–Crippen MR) is 94.5 cm³/mol. The number of ether oxygens (including phenoxy) is 1. The largest absolute Gasteiger partial charge is 0.494 e. The molecule has 25 heavy (non-hydrogen) atoms. The molecular weight excluding hydrogens is 321 g/mol. The first-order valence-corrected chi connectivity index (χ1v) is 8.06. The maximum absolute atomic E-state index is 13.9. The fourth-order valence-corrected chi connectivity index (χ4v) is 2.61. The van der Waals surface area contributed by atoms with Crippen LogP contribution in [0.2, 0.25) is 0 Å². The number of anilines is 1. The molecule has 0 saturated heterocycles. The van der Waals surface area contributed by atoms with Crippen molar-refractivity contribution in [3.05, 3.63) is 47.5 Å². The zero-order valence-electron chi connectivity index (χ0n) is 15.1. The molecule has 2 heterocycles. The Kier molecular flexibility index (Phi) is 4.32. The molecule has 132 valence electrons. The van der Waals surface area contributed by atoms with Crippen LogP contribution < -0.4 is 9.64 Å². The zero-order chi connectivity index (χ0) is 18.2. The maximum atomic E-state index is 13.9. The number of nitrogens with zero attached hydrogens (tertiary/aromatic N) is 5. The van der Waals surface area contributed by atoms with Crippen LogP contribution in [0.1, 0.15) is 32.2 Å². The van der Waals surface area contributed by atoms with Gasteiger partial charge in [-0.1, -0.05) is 26.8 Å². The summed E-state index contributed by atoms with van der Waals surface area (Å²) in [7, 11) is 3.37. The van der Waals surface area contributed by atoms with E-state index in [4.69, 9.17) is 4.74 Å². The monoisotopic (exact) mass is 343 g/mol. The highest BCUT2D eigenvalue weighted by molar-refractivity contribution is 5.46. The molecule has 3 aromatic rings. The van der Waals surface area contributed by atoms with Crippen LogP contribution in [0, 0.1) is 5.82 Å². The van der Waals surface area contributed by atoms with E-state index >= 15 is 0 Å². The minimum absolute atomic E-state index is 0.164. The van der Waals surface area contributed by atoms with Crippen molar-refractivity contribution in [2.45, 2.75) is 32.7 Å². The van der Waals surface area contributed by atoms with Gasteiger partial charge < -0.3 is 9.64 Å². The Morgan fingerprint density at radius 1 is 1.16 bits per heavy atom. The van der Waals surface area contributed by atoms with E-state index < -0.39 is 0 Å². The second-order valence-corrected chi connectivity index (χ2v) is 7.06. The lowest BCUT2D eigenvalue weighted by Gasteiger charge is -2.20. The van der Waals surface area contributed by atoms with Crippen LogP contribution in [0.25, 0.3) is 5.65 Å². The molecule has 0 saturated carbocycles. The standard InChI is InChI=1S/C18H22FN5O/c1-18(2,3)17-21-20-15-8-9-16(22-24(15)17)23(4)11-12-6-7-14(25-5)13(19)10-12/h6-10H,11H2,1-5H3. The van der Waals surface area contributed by atoms with Crippen molar-refractivity contribution in [3.63, 3.8) is 0 Å². The Balaban J connectivity index is 1.89. The molecule has 0 fully saturated rings. The fourth-order valence-electron chi connectivity index (χ4n) is 2.61. The van der Waals surface area contributed by atoms with Crippen LogP contribution in [-0.4, -0.2) is 34.0 Å². The Morgan fingerprint density at radius 3 is 2.56 bits per heavy atom. The van der Waals surface area contributed by atoms with Crippen LogP contribution in [0.3, 0.4) is 0 Å². The zero-order valence-corrected chi connectivity index (χ0v) is 15.1. The Labute approximate surface area is 146 Å². The summed E-state index contributed by atoms with van der Waals surface area (Å²) in [5.41, 5.74) is 1.38. The third-order valence-corrected chi connectivity index (χ3v) is 3.95. The molecule has 7 heteroatoms. The first-order chi connectivity index (χ1) is 11.8. The lowest BCUT2D eigenvalue weighted by molar-refractivity contribution is 0.386. The van der Waals surface area contributed by atoms with E-state index in [0.29, 0.717) is 12.2 Å². The lowest BCUT2D eigenvalue weighted by atomic mass is 9.96. The number of hydrogen-bond donors (Lipinski definition) is 0. The summed E-state index contributed by atoms with van der Waals surface area (Å²) < 4.78 is 20.6. The second kappa shape index (κ2) is 6.31. The van der Waals surface area contributed by atoms with Gasteiger partial charge in [-0.05, 0) is 29.8 Å².